The summed E-state index contributed by atoms with van der Waals surface area (Å²) in [7, 11) is 4.23. The van der Waals surface area contributed by atoms with Gasteiger partial charge in [0, 0.05) is 6.54 Å². The number of rotatable bonds is 6. The van der Waals surface area contributed by atoms with E-state index in [9.17, 15) is 0 Å². The van der Waals surface area contributed by atoms with Crippen LogP contribution < -0.4 is 5.32 Å². The van der Waals surface area contributed by atoms with E-state index in [1.54, 1.807) is 0 Å². The minimum absolute atomic E-state index is 0.987. The minimum atomic E-state index is 0.987. The quantitative estimate of drug-likeness (QED) is 0.740. The van der Waals surface area contributed by atoms with Gasteiger partial charge in [0.2, 0.25) is 0 Å². The average molecular weight is 220 g/mol. The van der Waals surface area contributed by atoms with Crippen LogP contribution in [0.25, 0.3) is 0 Å². The molecule has 1 aromatic carbocycles. The molecule has 0 saturated carbocycles. The molecule has 0 unspecified atom stereocenters. The first-order valence-corrected chi connectivity index (χ1v) is 6.02. The van der Waals surface area contributed by atoms with Gasteiger partial charge in [0.05, 0.1) is 0 Å². The summed E-state index contributed by atoms with van der Waals surface area (Å²) < 4.78 is 0. The topological polar surface area (TPSA) is 15.3 Å². The smallest absolute Gasteiger partial charge is 0.0208 e. The Balaban J connectivity index is 2.29. The van der Waals surface area contributed by atoms with Crippen molar-refractivity contribution in [1.29, 1.82) is 0 Å². The molecular formula is C14H24N2. The van der Waals surface area contributed by atoms with E-state index in [0.717, 1.165) is 19.6 Å². The molecule has 0 saturated heterocycles. The van der Waals surface area contributed by atoms with Crippen molar-refractivity contribution in [3.63, 3.8) is 0 Å². The molecule has 16 heavy (non-hydrogen) atoms. The maximum absolute atomic E-state index is 3.50. The normalized spacial score (nSPS) is 11.1. The Hall–Kier alpha value is -0.860. The van der Waals surface area contributed by atoms with Crippen molar-refractivity contribution >= 4 is 0 Å². The van der Waals surface area contributed by atoms with Gasteiger partial charge >= 0.3 is 0 Å². The van der Waals surface area contributed by atoms with Crippen molar-refractivity contribution in [1.82, 2.24) is 10.2 Å². The van der Waals surface area contributed by atoms with E-state index in [0.29, 0.717) is 0 Å². The summed E-state index contributed by atoms with van der Waals surface area (Å²) in [5, 5.41) is 3.50. The van der Waals surface area contributed by atoms with Gasteiger partial charge in [-0.1, -0.05) is 18.2 Å². The van der Waals surface area contributed by atoms with E-state index in [2.05, 4.69) is 56.4 Å². The second-order valence-electron chi connectivity index (χ2n) is 4.69. The van der Waals surface area contributed by atoms with Crippen LogP contribution in [0.1, 0.15) is 23.1 Å². The molecule has 2 nitrogen and oxygen atoms in total. The zero-order valence-electron chi connectivity index (χ0n) is 11.0. The van der Waals surface area contributed by atoms with Crippen molar-refractivity contribution in [2.45, 2.75) is 26.8 Å². The molecule has 0 atom stereocenters. The van der Waals surface area contributed by atoms with Gasteiger partial charge in [-0.2, -0.15) is 0 Å². The Morgan fingerprint density at radius 1 is 1.19 bits per heavy atom. The molecule has 2 heteroatoms. The zero-order chi connectivity index (χ0) is 12.0. The Morgan fingerprint density at radius 2 is 1.94 bits per heavy atom. The summed E-state index contributed by atoms with van der Waals surface area (Å²) >= 11 is 0. The van der Waals surface area contributed by atoms with Crippen LogP contribution >= 0.6 is 0 Å². The molecule has 0 aliphatic rings. The average Bonchev–Trinajstić information content (AvgIpc) is 2.23. The molecule has 0 bridgehead atoms. The zero-order valence-corrected chi connectivity index (χ0v) is 11.0. The van der Waals surface area contributed by atoms with Crippen LogP contribution in [0.3, 0.4) is 0 Å². The molecule has 0 radical (unpaired) electrons. The summed E-state index contributed by atoms with van der Waals surface area (Å²) in [5.41, 5.74) is 4.22. The summed E-state index contributed by atoms with van der Waals surface area (Å²) in [6.45, 7) is 7.60. The number of aryl methyl sites for hydroxylation is 1. The molecule has 0 amide bonds. The largest absolute Gasteiger partial charge is 0.313 e. The molecule has 90 valence electrons. The second kappa shape index (κ2) is 6.66. The first-order chi connectivity index (χ1) is 7.61. The van der Waals surface area contributed by atoms with Gasteiger partial charge in [-0.05, 0) is 64.1 Å². The van der Waals surface area contributed by atoms with Gasteiger partial charge in [-0.15, -0.1) is 0 Å². The highest BCUT2D eigenvalue weighted by Crippen LogP contribution is 2.11. The Kier molecular flexibility index (Phi) is 5.50. The lowest BCUT2D eigenvalue weighted by molar-refractivity contribution is 0.394. The molecule has 1 N–H and O–H groups in total. The number of hydrogen-bond acceptors (Lipinski definition) is 2. The first-order valence-electron chi connectivity index (χ1n) is 6.02. The van der Waals surface area contributed by atoms with Crippen LogP contribution in [0.5, 0.6) is 0 Å². The van der Waals surface area contributed by atoms with Crippen molar-refractivity contribution in [2.24, 2.45) is 0 Å². The van der Waals surface area contributed by atoms with Gasteiger partial charge in [-0.3, -0.25) is 0 Å². The monoisotopic (exact) mass is 220 g/mol. The molecule has 1 aromatic rings. The molecule has 0 heterocycles. The predicted molar refractivity (Wildman–Crippen MR) is 70.8 cm³/mol. The number of nitrogens with zero attached hydrogens (tertiary/aromatic N) is 1. The van der Waals surface area contributed by atoms with Crippen molar-refractivity contribution in [3.05, 3.63) is 34.9 Å². The van der Waals surface area contributed by atoms with E-state index in [1.165, 1.54) is 23.1 Å². The van der Waals surface area contributed by atoms with Crippen LogP contribution in [-0.2, 0) is 6.54 Å². The molecule has 0 spiro atoms. The third-order valence-electron chi connectivity index (χ3n) is 2.99. The Labute approximate surface area is 99.7 Å². The lowest BCUT2D eigenvalue weighted by Gasteiger charge is -2.11. The molecule has 0 aromatic heterocycles. The molecule has 0 aliphatic heterocycles. The van der Waals surface area contributed by atoms with Crippen LogP contribution in [0.15, 0.2) is 18.2 Å². The summed E-state index contributed by atoms with van der Waals surface area (Å²) in [6.07, 6.45) is 1.21. The van der Waals surface area contributed by atoms with Gasteiger partial charge in [0.1, 0.15) is 0 Å². The van der Waals surface area contributed by atoms with E-state index in [4.69, 9.17) is 0 Å². The first kappa shape index (κ1) is 13.2. The van der Waals surface area contributed by atoms with Crippen LogP contribution in [0.2, 0.25) is 0 Å². The standard InChI is InChI=1S/C14H24N2/c1-12-7-5-8-14(13(12)2)11-15-9-6-10-16(3)4/h5,7-8,15H,6,9-11H2,1-4H3. The fraction of sp³-hybridized carbons (Fsp3) is 0.571. The fourth-order valence-electron chi connectivity index (χ4n) is 1.75. The maximum atomic E-state index is 3.50. The lowest BCUT2D eigenvalue weighted by Crippen LogP contribution is -2.21. The SMILES string of the molecule is Cc1cccc(CNCCCN(C)C)c1C. The van der Waals surface area contributed by atoms with Crippen molar-refractivity contribution in [3.8, 4) is 0 Å². The van der Waals surface area contributed by atoms with Crippen LogP contribution in [-0.4, -0.2) is 32.1 Å². The van der Waals surface area contributed by atoms with Gasteiger partial charge < -0.3 is 10.2 Å². The van der Waals surface area contributed by atoms with E-state index >= 15 is 0 Å². The van der Waals surface area contributed by atoms with Crippen LogP contribution in [0, 0.1) is 13.8 Å². The van der Waals surface area contributed by atoms with E-state index in [-0.39, 0.29) is 0 Å². The van der Waals surface area contributed by atoms with E-state index < -0.39 is 0 Å². The molecule has 1 rings (SSSR count). The minimum Gasteiger partial charge on any atom is -0.313 e. The predicted octanol–water partition coefficient (Wildman–Crippen LogP) is 2.34. The van der Waals surface area contributed by atoms with Gasteiger partial charge in [0.25, 0.3) is 0 Å². The Morgan fingerprint density at radius 3 is 2.62 bits per heavy atom. The number of hydrogen-bond donors (Lipinski definition) is 1. The number of nitrogens with one attached hydrogen (secondary N) is 1. The van der Waals surface area contributed by atoms with Crippen molar-refractivity contribution < 1.29 is 0 Å². The number of benzene rings is 1. The van der Waals surface area contributed by atoms with E-state index in [1.807, 2.05) is 0 Å². The van der Waals surface area contributed by atoms with Crippen molar-refractivity contribution in [2.75, 3.05) is 27.2 Å². The fourth-order valence-corrected chi connectivity index (χ4v) is 1.75. The highest BCUT2D eigenvalue weighted by Gasteiger charge is 1.99. The van der Waals surface area contributed by atoms with Gasteiger partial charge in [0.15, 0.2) is 0 Å². The van der Waals surface area contributed by atoms with Gasteiger partial charge in [-0.25, -0.2) is 0 Å². The second-order valence-corrected chi connectivity index (χ2v) is 4.69. The van der Waals surface area contributed by atoms with Crippen LogP contribution in [0.4, 0.5) is 0 Å². The Bertz CT molecular complexity index is 319. The summed E-state index contributed by atoms with van der Waals surface area (Å²) in [6, 6.07) is 6.52. The highest BCUT2D eigenvalue weighted by atomic mass is 15.0. The molecular weight excluding hydrogens is 196 g/mol. The highest BCUT2D eigenvalue weighted by molar-refractivity contribution is 5.32. The maximum Gasteiger partial charge on any atom is 0.0208 e. The third kappa shape index (κ3) is 4.33. The molecule has 0 fully saturated rings. The third-order valence-corrected chi connectivity index (χ3v) is 2.99. The lowest BCUT2D eigenvalue weighted by atomic mass is 10.0. The molecule has 0 aliphatic carbocycles. The summed E-state index contributed by atoms with van der Waals surface area (Å²) in [5.74, 6) is 0. The summed E-state index contributed by atoms with van der Waals surface area (Å²) in [4.78, 5) is 2.22.